The summed E-state index contributed by atoms with van der Waals surface area (Å²) in [6, 6.07) is 29.8. The van der Waals surface area contributed by atoms with Gasteiger partial charge in [0.2, 0.25) is 11.8 Å². The summed E-state index contributed by atoms with van der Waals surface area (Å²) in [6.45, 7) is 3.39. The van der Waals surface area contributed by atoms with Crippen LogP contribution in [-0.2, 0) is 32.6 Å². The molecular weight excluding hydrogens is 610 g/mol. The third kappa shape index (κ3) is 8.86. The number of methoxy groups -OCH3 is 1. The Balaban J connectivity index is 1.79. The van der Waals surface area contributed by atoms with Crippen LogP contribution in [0.1, 0.15) is 31.4 Å². The Morgan fingerprint density at radius 2 is 1.44 bits per heavy atom. The molecule has 8 nitrogen and oxygen atoms in total. The third-order valence-electron chi connectivity index (χ3n) is 7.51. The van der Waals surface area contributed by atoms with Crippen LogP contribution in [0.4, 0.5) is 5.69 Å². The van der Waals surface area contributed by atoms with Gasteiger partial charge in [-0.2, -0.15) is 0 Å². The highest BCUT2D eigenvalue weighted by Gasteiger charge is 2.35. The number of ether oxygens (including phenoxy) is 1. The van der Waals surface area contributed by atoms with Crippen molar-refractivity contribution in [3.05, 3.63) is 125 Å². The smallest absolute Gasteiger partial charge is 0.264 e. The summed E-state index contributed by atoms with van der Waals surface area (Å²) in [4.78, 5) is 29.9. The van der Waals surface area contributed by atoms with Gasteiger partial charge in [-0.05, 0) is 73.0 Å². The van der Waals surface area contributed by atoms with Crippen molar-refractivity contribution < 1.29 is 22.7 Å². The predicted octanol–water partition coefficient (Wildman–Crippen LogP) is 6.10. The van der Waals surface area contributed by atoms with Crippen LogP contribution in [0.15, 0.2) is 114 Å². The van der Waals surface area contributed by atoms with Crippen LogP contribution in [-0.4, -0.2) is 50.9 Å². The van der Waals surface area contributed by atoms with E-state index in [9.17, 15) is 18.0 Å². The van der Waals surface area contributed by atoms with Crippen LogP contribution >= 0.6 is 11.6 Å². The molecule has 4 rings (SSSR count). The first-order valence-corrected chi connectivity index (χ1v) is 16.5. The first-order valence-electron chi connectivity index (χ1n) is 14.7. The van der Waals surface area contributed by atoms with E-state index >= 15 is 0 Å². The van der Waals surface area contributed by atoms with Gasteiger partial charge in [0.25, 0.3) is 10.0 Å². The number of sulfonamides is 1. The molecule has 0 aliphatic carbocycles. The molecule has 0 saturated carbocycles. The Hall–Kier alpha value is -4.34. The zero-order valence-corrected chi connectivity index (χ0v) is 27.2. The van der Waals surface area contributed by atoms with Gasteiger partial charge >= 0.3 is 0 Å². The molecule has 45 heavy (non-hydrogen) atoms. The summed E-state index contributed by atoms with van der Waals surface area (Å²) >= 11 is 6.14. The van der Waals surface area contributed by atoms with Crippen LogP contribution in [0.5, 0.6) is 5.75 Å². The van der Waals surface area contributed by atoms with Crippen molar-refractivity contribution in [2.24, 2.45) is 0 Å². The Bertz CT molecular complexity index is 1650. The number of amides is 2. The molecule has 0 bridgehead atoms. The third-order valence-corrected chi connectivity index (χ3v) is 9.55. The molecule has 1 N–H and O–H groups in total. The topological polar surface area (TPSA) is 96.0 Å². The number of carbonyl (C=O) groups excluding carboxylic acids is 2. The van der Waals surface area contributed by atoms with Gasteiger partial charge in [0, 0.05) is 24.0 Å². The quantitative estimate of drug-likeness (QED) is 0.179. The standard InChI is InChI=1S/C35H38ClN3O5S/c1-4-26(2)37-35(41)33(23-27-11-7-5-8-12-27)38(24-28-15-17-29(36)18-16-28)34(40)25-39(30-19-21-31(44-3)22-20-30)45(42,43)32-13-9-6-10-14-32/h5-22,26,33H,4,23-25H2,1-3H3,(H,37,41)/t26-,33-/m0/s1. The Morgan fingerprint density at radius 1 is 0.844 bits per heavy atom. The fourth-order valence-corrected chi connectivity index (χ4v) is 6.34. The SMILES string of the molecule is CC[C@H](C)NC(=O)[C@H](Cc1ccccc1)N(Cc1ccc(Cl)cc1)C(=O)CN(c1ccc(OC)cc1)S(=O)(=O)c1ccccc1. The molecule has 0 heterocycles. The molecule has 4 aromatic carbocycles. The molecule has 0 spiro atoms. The van der Waals surface area contributed by atoms with E-state index in [0.717, 1.165) is 15.4 Å². The van der Waals surface area contributed by atoms with Gasteiger partial charge in [0.1, 0.15) is 18.3 Å². The lowest BCUT2D eigenvalue weighted by atomic mass is 10.0. The number of hydrogen-bond donors (Lipinski definition) is 1. The zero-order valence-electron chi connectivity index (χ0n) is 25.6. The summed E-state index contributed by atoms with van der Waals surface area (Å²) in [6.07, 6.45) is 0.936. The maximum absolute atomic E-state index is 14.5. The normalized spacial score (nSPS) is 12.5. The fraction of sp³-hybridized carbons (Fsp3) is 0.257. The van der Waals surface area contributed by atoms with Crippen LogP contribution in [0.3, 0.4) is 0 Å². The maximum Gasteiger partial charge on any atom is 0.264 e. The molecular formula is C35H38ClN3O5S. The number of anilines is 1. The van der Waals surface area contributed by atoms with Crippen LogP contribution in [0, 0.1) is 0 Å². The maximum atomic E-state index is 14.5. The van der Waals surface area contributed by atoms with E-state index in [0.29, 0.717) is 17.2 Å². The van der Waals surface area contributed by atoms with Crippen molar-refractivity contribution in [3.63, 3.8) is 0 Å². The summed E-state index contributed by atoms with van der Waals surface area (Å²) in [5.74, 6) is -0.325. The average Bonchev–Trinajstić information content (AvgIpc) is 3.06. The summed E-state index contributed by atoms with van der Waals surface area (Å²) in [7, 11) is -2.66. The van der Waals surface area contributed by atoms with Gasteiger partial charge in [-0.15, -0.1) is 0 Å². The van der Waals surface area contributed by atoms with Crippen LogP contribution in [0.25, 0.3) is 0 Å². The van der Waals surface area contributed by atoms with E-state index < -0.39 is 28.5 Å². The molecule has 0 radical (unpaired) electrons. The second-order valence-electron chi connectivity index (χ2n) is 10.7. The summed E-state index contributed by atoms with van der Waals surface area (Å²) in [5, 5.41) is 3.57. The van der Waals surface area contributed by atoms with E-state index in [1.165, 1.54) is 24.1 Å². The monoisotopic (exact) mass is 647 g/mol. The zero-order chi connectivity index (χ0) is 32.4. The second-order valence-corrected chi connectivity index (χ2v) is 13.0. The van der Waals surface area contributed by atoms with Crippen LogP contribution in [0.2, 0.25) is 5.02 Å². The molecule has 236 valence electrons. The molecule has 0 aromatic heterocycles. The van der Waals surface area contributed by atoms with Crippen molar-refractivity contribution >= 4 is 39.1 Å². The van der Waals surface area contributed by atoms with E-state index in [-0.39, 0.29) is 35.5 Å². The Kier molecular flexibility index (Phi) is 11.6. The molecule has 2 atom stereocenters. The van der Waals surface area contributed by atoms with E-state index in [4.69, 9.17) is 16.3 Å². The fourth-order valence-electron chi connectivity index (χ4n) is 4.78. The van der Waals surface area contributed by atoms with Crippen molar-refractivity contribution in [1.82, 2.24) is 10.2 Å². The van der Waals surface area contributed by atoms with Crippen molar-refractivity contribution in [2.45, 2.75) is 50.2 Å². The van der Waals surface area contributed by atoms with Gasteiger partial charge in [0.05, 0.1) is 17.7 Å². The predicted molar refractivity (Wildman–Crippen MR) is 178 cm³/mol. The second kappa shape index (κ2) is 15.6. The minimum Gasteiger partial charge on any atom is -0.497 e. The lowest BCUT2D eigenvalue weighted by Gasteiger charge is -2.34. The van der Waals surface area contributed by atoms with Gasteiger partial charge in [0.15, 0.2) is 0 Å². The number of benzene rings is 4. The number of carbonyl (C=O) groups is 2. The van der Waals surface area contributed by atoms with Gasteiger partial charge in [-0.1, -0.05) is 79.2 Å². The molecule has 0 unspecified atom stereocenters. The van der Waals surface area contributed by atoms with Gasteiger partial charge in [-0.25, -0.2) is 8.42 Å². The molecule has 4 aromatic rings. The molecule has 0 aliphatic heterocycles. The van der Waals surface area contributed by atoms with E-state index in [2.05, 4.69) is 5.32 Å². The molecule has 2 amide bonds. The highest BCUT2D eigenvalue weighted by molar-refractivity contribution is 7.92. The number of nitrogens with one attached hydrogen (secondary N) is 1. The first kappa shape index (κ1) is 33.6. The van der Waals surface area contributed by atoms with Crippen molar-refractivity contribution in [1.29, 1.82) is 0 Å². The number of nitrogens with zero attached hydrogens (tertiary/aromatic N) is 2. The first-order chi connectivity index (χ1) is 21.6. The van der Waals surface area contributed by atoms with E-state index in [1.807, 2.05) is 44.2 Å². The highest BCUT2D eigenvalue weighted by atomic mass is 35.5. The lowest BCUT2D eigenvalue weighted by molar-refractivity contribution is -0.140. The molecule has 0 aliphatic rings. The van der Waals surface area contributed by atoms with Crippen molar-refractivity contribution in [3.8, 4) is 5.75 Å². The minimum atomic E-state index is -4.18. The van der Waals surface area contributed by atoms with Gasteiger partial charge in [-0.3, -0.25) is 13.9 Å². The molecule has 10 heteroatoms. The summed E-state index contributed by atoms with van der Waals surface area (Å²) < 4.78 is 34.4. The number of rotatable bonds is 14. The number of hydrogen-bond acceptors (Lipinski definition) is 5. The van der Waals surface area contributed by atoms with Gasteiger partial charge < -0.3 is 15.0 Å². The largest absolute Gasteiger partial charge is 0.497 e. The number of halogens is 1. The van der Waals surface area contributed by atoms with Crippen LogP contribution < -0.4 is 14.4 Å². The molecule has 0 fully saturated rings. The summed E-state index contributed by atoms with van der Waals surface area (Å²) in [5.41, 5.74) is 1.88. The average molecular weight is 648 g/mol. The lowest BCUT2D eigenvalue weighted by Crippen LogP contribution is -2.54. The Labute approximate surface area is 270 Å². The Morgan fingerprint density at radius 3 is 2.02 bits per heavy atom. The minimum absolute atomic E-state index is 0.0354. The molecule has 0 saturated heterocycles. The highest BCUT2D eigenvalue weighted by Crippen LogP contribution is 2.27. The van der Waals surface area contributed by atoms with Crippen molar-refractivity contribution in [2.75, 3.05) is 18.0 Å². The van der Waals surface area contributed by atoms with E-state index in [1.54, 1.807) is 66.7 Å².